The van der Waals surface area contributed by atoms with Gasteiger partial charge in [-0.2, -0.15) is 0 Å². The quantitative estimate of drug-likeness (QED) is 0.783. The third kappa shape index (κ3) is 5.83. The van der Waals surface area contributed by atoms with Crippen molar-refractivity contribution in [1.29, 1.82) is 0 Å². The Morgan fingerprint density at radius 3 is 2.53 bits per heavy atom. The van der Waals surface area contributed by atoms with Crippen LogP contribution in [0.15, 0.2) is 18.3 Å². The normalized spacial score (nSPS) is 13.0. The number of pyridine rings is 1. The van der Waals surface area contributed by atoms with Crippen LogP contribution in [0, 0.1) is 5.92 Å². The van der Waals surface area contributed by atoms with Crippen LogP contribution in [0.2, 0.25) is 0 Å². The van der Waals surface area contributed by atoms with E-state index in [1.54, 1.807) is 0 Å². The second kappa shape index (κ2) is 7.44. The molecule has 0 saturated carbocycles. The number of rotatable bonds is 7. The molecule has 1 aromatic rings. The zero-order chi connectivity index (χ0) is 12.7. The summed E-state index contributed by atoms with van der Waals surface area (Å²) in [5.41, 5.74) is 2.54. The molecule has 0 fully saturated rings. The van der Waals surface area contributed by atoms with E-state index in [-0.39, 0.29) is 0 Å². The van der Waals surface area contributed by atoms with Crippen LogP contribution < -0.4 is 5.32 Å². The topological polar surface area (TPSA) is 24.9 Å². The van der Waals surface area contributed by atoms with Gasteiger partial charge in [-0.25, -0.2) is 0 Å². The standard InChI is InChI=1S/C15H26N2/c1-5-14-7-9-15(17-11-14)8-6-13(4)10-16-12(2)3/h7,9,11-13,16H,5-6,8,10H2,1-4H3. The predicted octanol–water partition coefficient (Wildman–Crippen LogP) is 3.21. The maximum absolute atomic E-state index is 4.50. The van der Waals surface area contributed by atoms with E-state index in [4.69, 9.17) is 0 Å². The van der Waals surface area contributed by atoms with Gasteiger partial charge in [-0.05, 0) is 43.4 Å². The fourth-order valence-electron chi connectivity index (χ4n) is 1.75. The molecule has 1 N–H and O–H groups in total. The Kier molecular flexibility index (Phi) is 6.20. The maximum Gasteiger partial charge on any atom is 0.0403 e. The molecule has 2 nitrogen and oxygen atoms in total. The van der Waals surface area contributed by atoms with Crippen LogP contribution in [0.25, 0.3) is 0 Å². The van der Waals surface area contributed by atoms with Gasteiger partial charge in [0.15, 0.2) is 0 Å². The first-order valence-electron chi connectivity index (χ1n) is 6.79. The maximum atomic E-state index is 4.50. The van der Waals surface area contributed by atoms with Crippen molar-refractivity contribution in [3.63, 3.8) is 0 Å². The smallest absolute Gasteiger partial charge is 0.0403 e. The summed E-state index contributed by atoms with van der Waals surface area (Å²) in [5.74, 6) is 0.713. The molecular weight excluding hydrogens is 208 g/mol. The number of hydrogen-bond donors (Lipinski definition) is 1. The van der Waals surface area contributed by atoms with Gasteiger partial charge in [0.1, 0.15) is 0 Å². The highest BCUT2D eigenvalue weighted by Gasteiger charge is 2.04. The van der Waals surface area contributed by atoms with E-state index in [9.17, 15) is 0 Å². The summed E-state index contributed by atoms with van der Waals surface area (Å²) in [6.07, 6.45) is 5.37. The van der Waals surface area contributed by atoms with E-state index in [1.165, 1.54) is 17.7 Å². The van der Waals surface area contributed by atoms with Crippen LogP contribution in [0.5, 0.6) is 0 Å². The Balaban J connectivity index is 2.29. The van der Waals surface area contributed by atoms with Crippen molar-refractivity contribution >= 4 is 0 Å². The lowest BCUT2D eigenvalue weighted by Gasteiger charge is -2.14. The van der Waals surface area contributed by atoms with Crippen molar-refractivity contribution in [2.75, 3.05) is 6.54 Å². The zero-order valence-electron chi connectivity index (χ0n) is 11.7. The molecule has 1 heterocycles. The minimum absolute atomic E-state index is 0.583. The van der Waals surface area contributed by atoms with E-state index in [1.807, 2.05) is 6.20 Å². The third-order valence-corrected chi connectivity index (χ3v) is 3.06. The fourth-order valence-corrected chi connectivity index (χ4v) is 1.75. The highest BCUT2D eigenvalue weighted by Crippen LogP contribution is 2.08. The predicted molar refractivity (Wildman–Crippen MR) is 74.2 cm³/mol. The Labute approximate surface area is 106 Å². The average Bonchev–Trinajstić information content (AvgIpc) is 2.34. The average molecular weight is 234 g/mol. The van der Waals surface area contributed by atoms with E-state index < -0.39 is 0 Å². The highest BCUT2D eigenvalue weighted by molar-refractivity contribution is 5.13. The highest BCUT2D eigenvalue weighted by atomic mass is 14.9. The van der Waals surface area contributed by atoms with Crippen LogP contribution in [-0.4, -0.2) is 17.6 Å². The van der Waals surface area contributed by atoms with Crippen molar-refractivity contribution in [3.8, 4) is 0 Å². The number of nitrogens with zero attached hydrogens (tertiary/aromatic N) is 1. The van der Waals surface area contributed by atoms with Gasteiger partial charge in [0.05, 0.1) is 0 Å². The number of aromatic nitrogens is 1. The number of hydrogen-bond acceptors (Lipinski definition) is 2. The van der Waals surface area contributed by atoms with Crippen LogP contribution in [0.4, 0.5) is 0 Å². The lowest BCUT2D eigenvalue weighted by Crippen LogP contribution is -2.28. The molecule has 17 heavy (non-hydrogen) atoms. The molecule has 96 valence electrons. The number of nitrogens with one attached hydrogen (secondary N) is 1. The van der Waals surface area contributed by atoms with Crippen molar-refractivity contribution in [1.82, 2.24) is 10.3 Å². The molecule has 0 aliphatic heterocycles. The lowest BCUT2D eigenvalue weighted by atomic mass is 10.0. The minimum Gasteiger partial charge on any atom is -0.314 e. The molecule has 2 heteroatoms. The number of aryl methyl sites for hydroxylation is 2. The summed E-state index contributed by atoms with van der Waals surface area (Å²) in [4.78, 5) is 4.50. The van der Waals surface area contributed by atoms with Gasteiger partial charge >= 0.3 is 0 Å². The molecule has 0 spiro atoms. The minimum atomic E-state index is 0.583. The van der Waals surface area contributed by atoms with Crippen molar-refractivity contribution in [2.24, 2.45) is 5.92 Å². The molecular formula is C15H26N2. The van der Waals surface area contributed by atoms with Gasteiger partial charge in [-0.1, -0.05) is 33.8 Å². The molecule has 0 saturated heterocycles. The van der Waals surface area contributed by atoms with Gasteiger partial charge in [-0.15, -0.1) is 0 Å². The van der Waals surface area contributed by atoms with E-state index in [0.29, 0.717) is 12.0 Å². The van der Waals surface area contributed by atoms with Crippen molar-refractivity contribution in [3.05, 3.63) is 29.6 Å². The first-order valence-corrected chi connectivity index (χ1v) is 6.79. The zero-order valence-corrected chi connectivity index (χ0v) is 11.7. The SMILES string of the molecule is CCc1ccc(CCC(C)CNC(C)C)nc1. The Bertz CT molecular complexity index is 303. The van der Waals surface area contributed by atoms with Gasteiger partial charge in [-0.3, -0.25) is 4.98 Å². The molecule has 1 aromatic heterocycles. The lowest BCUT2D eigenvalue weighted by molar-refractivity contribution is 0.452. The third-order valence-electron chi connectivity index (χ3n) is 3.06. The van der Waals surface area contributed by atoms with E-state index in [2.05, 4.69) is 50.1 Å². The summed E-state index contributed by atoms with van der Waals surface area (Å²) >= 11 is 0. The van der Waals surface area contributed by atoms with Gasteiger partial charge in [0.2, 0.25) is 0 Å². The van der Waals surface area contributed by atoms with Crippen LogP contribution >= 0.6 is 0 Å². The monoisotopic (exact) mass is 234 g/mol. The molecule has 0 amide bonds. The molecule has 0 aromatic carbocycles. The molecule has 1 atom stereocenters. The molecule has 0 aliphatic carbocycles. The second-order valence-electron chi connectivity index (χ2n) is 5.22. The second-order valence-corrected chi connectivity index (χ2v) is 5.22. The summed E-state index contributed by atoms with van der Waals surface area (Å²) in [5, 5.41) is 3.48. The molecule has 1 rings (SSSR count). The first kappa shape index (κ1) is 14.2. The Hall–Kier alpha value is -0.890. The summed E-state index contributed by atoms with van der Waals surface area (Å²) < 4.78 is 0. The van der Waals surface area contributed by atoms with Crippen molar-refractivity contribution in [2.45, 2.75) is 53.0 Å². The Morgan fingerprint density at radius 1 is 1.24 bits per heavy atom. The Morgan fingerprint density at radius 2 is 2.00 bits per heavy atom. The summed E-state index contributed by atoms with van der Waals surface area (Å²) in [6.45, 7) is 9.95. The van der Waals surface area contributed by atoms with Gasteiger partial charge in [0.25, 0.3) is 0 Å². The molecule has 0 bridgehead atoms. The van der Waals surface area contributed by atoms with Crippen LogP contribution in [-0.2, 0) is 12.8 Å². The van der Waals surface area contributed by atoms with Crippen LogP contribution in [0.1, 0.15) is 45.4 Å². The first-order chi connectivity index (χ1) is 8.11. The largest absolute Gasteiger partial charge is 0.314 e. The van der Waals surface area contributed by atoms with Gasteiger partial charge < -0.3 is 5.32 Å². The van der Waals surface area contributed by atoms with Crippen LogP contribution in [0.3, 0.4) is 0 Å². The van der Waals surface area contributed by atoms with E-state index >= 15 is 0 Å². The van der Waals surface area contributed by atoms with E-state index in [0.717, 1.165) is 19.4 Å². The fraction of sp³-hybridized carbons (Fsp3) is 0.667. The molecule has 0 radical (unpaired) electrons. The molecule has 1 unspecified atom stereocenters. The summed E-state index contributed by atoms with van der Waals surface area (Å²) in [6, 6.07) is 4.94. The van der Waals surface area contributed by atoms with Gasteiger partial charge in [0, 0.05) is 17.9 Å². The summed E-state index contributed by atoms with van der Waals surface area (Å²) in [7, 11) is 0. The van der Waals surface area contributed by atoms with Crippen molar-refractivity contribution < 1.29 is 0 Å². The molecule has 0 aliphatic rings.